The van der Waals surface area contributed by atoms with Gasteiger partial charge in [-0.25, -0.2) is 9.78 Å². The number of carboxylic acid groups (broad SMARTS) is 1. The first kappa shape index (κ1) is 28.1. The average Bonchev–Trinajstić information content (AvgIpc) is 3.28. The Balaban J connectivity index is 1.18. The number of azo groups is 1. The first-order valence-corrected chi connectivity index (χ1v) is 13.9. The van der Waals surface area contributed by atoms with E-state index in [2.05, 4.69) is 37.0 Å². The molecule has 1 aliphatic rings. The third-order valence-electron chi connectivity index (χ3n) is 7.76. The van der Waals surface area contributed by atoms with Crippen LogP contribution in [0.15, 0.2) is 71.2 Å². The van der Waals surface area contributed by atoms with Crippen molar-refractivity contribution in [1.29, 1.82) is 0 Å². The number of nitrogens with zero attached hydrogens (tertiary/aromatic N) is 5. The van der Waals surface area contributed by atoms with Gasteiger partial charge in [-0.15, -0.1) is 0 Å². The number of benzene rings is 2. The number of phenols is 1. The van der Waals surface area contributed by atoms with Gasteiger partial charge in [-0.3, -0.25) is 9.78 Å². The van der Waals surface area contributed by atoms with Gasteiger partial charge in [0.25, 0.3) is 0 Å². The van der Waals surface area contributed by atoms with E-state index in [0.717, 1.165) is 48.4 Å². The number of pyridine rings is 1. The number of Topliss-reactive ketones (excluding diaryl/α,β-unsaturated/α-hetero) is 1. The molecule has 212 valence electrons. The Bertz CT molecular complexity index is 1580. The highest BCUT2D eigenvalue weighted by Gasteiger charge is 2.32. The molecule has 0 saturated carbocycles. The summed E-state index contributed by atoms with van der Waals surface area (Å²) >= 11 is 0. The predicted octanol–water partition coefficient (Wildman–Crippen LogP) is 5.62. The van der Waals surface area contributed by atoms with Crippen molar-refractivity contribution in [2.24, 2.45) is 28.0 Å². The minimum atomic E-state index is -1.23. The van der Waals surface area contributed by atoms with E-state index >= 15 is 0 Å². The van der Waals surface area contributed by atoms with E-state index < -0.39 is 5.97 Å². The molecule has 3 atom stereocenters. The number of aromatic nitrogens is 3. The molecule has 4 aromatic rings. The molecule has 2 aromatic heterocycles. The number of fused-ring (bicyclic) bond motifs is 1. The number of rotatable bonds is 10. The summed E-state index contributed by atoms with van der Waals surface area (Å²) in [5.41, 5.74) is 3.78. The van der Waals surface area contributed by atoms with E-state index in [0.29, 0.717) is 30.1 Å². The number of carbonyl (C=O) groups excluding carboxylic acids is 1. The Labute approximate surface area is 238 Å². The Kier molecular flexibility index (Phi) is 8.49. The zero-order valence-corrected chi connectivity index (χ0v) is 23.2. The summed E-state index contributed by atoms with van der Waals surface area (Å²) in [5.74, 6) is 0.112. The van der Waals surface area contributed by atoms with Gasteiger partial charge in [0.15, 0.2) is 0 Å². The lowest BCUT2D eigenvalue weighted by Crippen LogP contribution is -2.43. The zero-order chi connectivity index (χ0) is 28.9. The first-order valence-electron chi connectivity index (χ1n) is 13.9. The predicted molar refractivity (Wildman–Crippen MR) is 155 cm³/mol. The second-order valence-corrected chi connectivity index (χ2v) is 10.8. The number of carboxylic acids is 1. The van der Waals surface area contributed by atoms with E-state index in [1.165, 1.54) is 18.2 Å². The van der Waals surface area contributed by atoms with Crippen molar-refractivity contribution in [2.75, 3.05) is 13.1 Å². The lowest BCUT2D eigenvalue weighted by Gasteiger charge is -2.32. The van der Waals surface area contributed by atoms with Gasteiger partial charge in [-0.1, -0.05) is 19.1 Å². The fourth-order valence-corrected chi connectivity index (χ4v) is 5.62. The second-order valence-electron chi connectivity index (χ2n) is 10.8. The molecule has 0 bridgehead atoms. The molecule has 0 amide bonds. The van der Waals surface area contributed by atoms with Crippen LogP contribution >= 0.6 is 0 Å². The van der Waals surface area contributed by atoms with Crippen LogP contribution in [0.3, 0.4) is 0 Å². The SMILES string of the molecule is Cc1nc2cnccc2n1CC1CCNCC1C(=O)CC(C)Cc1ccc(N=Nc2ccc(O)c(C(=O)O)c2)cc1. The molecule has 5 rings (SSSR count). The molecule has 1 saturated heterocycles. The molecule has 3 heterocycles. The monoisotopic (exact) mass is 554 g/mol. The molecule has 3 unspecified atom stereocenters. The summed E-state index contributed by atoms with van der Waals surface area (Å²) in [7, 11) is 0. The Morgan fingerprint density at radius 1 is 1.12 bits per heavy atom. The quantitative estimate of drug-likeness (QED) is 0.216. The van der Waals surface area contributed by atoms with E-state index in [4.69, 9.17) is 5.11 Å². The number of hydrogen-bond donors (Lipinski definition) is 3. The summed E-state index contributed by atoms with van der Waals surface area (Å²) in [5, 5.41) is 30.5. The highest BCUT2D eigenvalue weighted by atomic mass is 16.4. The fourth-order valence-electron chi connectivity index (χ4n) is 5.62. The van der Waals surface area contributed by atoms with Gasteiger partial charge in [-0.2, -0.15) is 10.2 Å². The third kappa shape index (κ3) is 6.66. The lowest BCUT2D eigenvalue weighted by molar-refractivity contribution is -0.126. The van der Waals surface area contributed by atoms with Crippen LogP contribution in [-0.2, 0) is 17.8 Å². The number of aromatic hydroxyl groups is 1. The second kappa shape index (κ2) is 12.4. The van der Waals surface area contributed by atoms with Gasteiger partial charge >= 0.3 is 5.97 Å². The Morgan fingerprint density at radius 2 is 1.88 bits per heavy atom. The van der Waals surface area contributed by atoms with Crippen LogP contribution in [-0.4, -0.2) is 49.6 Å². The van der Waals surface area contributed by atoms with Crippen molar-refractivity contribution < 1.29 is 19.8 Å². The number of ketones is 1. The largest absolute Gasteiger partial charge is 0.507 e. The minimum Gasteiger partial charge on any atom is -0.507 e. The van der Waals surface area contributed by atoms with Crippen molar-refractivity contribution >= 4 is 34.2 Å². The normalized spacial score (nSPS) is 18.1. The summed E-state index contributed by atoms with van der Waals surface area (Å²) in [4.78, 5) is 33.5. The lowest BCUT2D eigenvalue weighted by atomic mass is 9.80. The summed E-state index contributed by atoms with van der Waals surface area (Å²) in [6.45, 7) is 6.51. The molecule has 1 fully saturated rings. The summed E-state index contributed by atoms with van der Waals surface area (Å²) in [6, 6.07) is 13.7. The van der Waals surface area contributed by atoms with Crippen LogP contribution in [0, 0.1) is 24.7 Å². The number of hydrogen-bond acceptors (Lipinski definition) is 8. The first-order chi connectivity index (χ1) is 19.8. The molecule has 10 heteroatoms. The van der Waals surface area contributed by atoms with E-state index in [-0.39, 0.29) is 29.1 Å². The van der Waals surface area contributed by atoms with Crippen LogP contribution in [0.5, 0.6) is 5.75 Å². The van der Waals surface area contributed by atoms with Gasteiger partial charge in [0, 0.05) is 31.6 Å². The van der Waals surface area contributed by atoms with Crippen LogP contribution < -0.4 is 5.32 Å². The van der Waals surface area contributed by atoms with Crippen LogP contribution in [0.25, 0.3) is 11.0 Å². The number of aromatic carboxylic acids is 1. The molecule has 10 nitrogen and oxygen atoms in total. The molecule has 0 spiro atoms. The van der Waals surface area contributed by atoms with Crippen LogP contribution in [0.4, 0.5) is 11.4 Å². The molecule has 0 radical (unpaired) electrons. The van der Waals surface area contributed by atoms with E-state index in [1.807, 2.05) is 37.3 Å². The standard InChI is InChI=1S/C31H34N6O4/c1-19(13-21-3-5-23(6-4-21)35-36-24-7-8-29(38)25(15-24)31(40)41)14-30(39)26-16-32-11-9-22(26)18-37-20(2)34-27-17-33-12-10-28(27)37/h3-8,10,12,15,17,19,22,26,32,38H,9,11,13-14,16,18H2,1-2H3,(H,40,41). The number of carbonyl (C=O) groups is 2. The van der Waals surface area contributed by atoms with Crippen molar-refractivity contribution in [1.82, 2.24) is 19.9 Å². The average molecular weight is 555 g/mol. The smallest absolute Gasteiger partial charge is 0.339 e. The van der Waals surface area contributed by atoms with Crippen molar-refractivity contribution in [2.45, 2.75) is 39.7 Å². The van der Waals surface area contributed by atoms with Crippen molar-refractivity contribution in [3.8, 4) is 5.75 Å². The molecule has 2 aromatic carbocycles. The van der Waals surface area contributed by atoms with Crippen LogP contribution in [0.2, 0.25) is 0 Å². The molecular weight excluding hydrogens is 520 g/mol. The summed E-state index contributed by atoms with van der Waals surface area (Å²) < 4.78 is 2.22. The highest BCUT2D eigenvalue weighted by Crippen LogP contribution is 2.29. The van der Waals surface area contributed by atoms with Crippen LogP contribution in [0.1, 0.15) is 41.5 Å². The maximum Gasteiger partial charge on any atom is 0.339 e. The summed E-state index contributed by atoms with van der Waals surface area (Å²) in [6.07, 6.45) is 5.81. The number of piperidine rings is 1. The van der Waals surface area contributed by atoms with Gasteiger partial charge in [0.2, 0.25) is 0 Å². The van der Waals surface area contributed by atoms with E-state index in [1.54, 1.807) is 12.4 Å². The van der Waals surface area contributed by atoms with Gasteiger partial charge in [-0.05, 0) is 80.1 Å². The molecule has 3 N–H and O–H groups in total. The minimum absolute atomic E-state index is 0.0331. The van der Waals surface area contributed by atoms with Crippen molar-refractivity contribution in [3.63, 3.8) is 0 Å². The number of imidazole rings is 1. The number of aryl methyl sites for hydroxylation is 1. The van der Waals surface area contributed by atoms with Gasteiger partial charge < -0.3 is 20.1 Å². The van der Waals surface area contributed by atoms with Gasteiger partial charge in [0.1, 0.15) is 28.4 Å². The Morgan fingerprint density at radius 3 is 2.66 bits per heavy atom. The third-order valence-corrected chi connectivity index (χ3v) is 7.76. The zero-order valence-electron chi connectivity index (χ0n) is 23.2. The topological polar surface area (TPSA) is 142 Å². The molecule has 1 aliphatic heterocycles. The van der Waals surface area contributed by atoms with Crippen molar-refractivity contribution in [3.05, 3.63) is 77.9 Å². The fraction of sp³-hybridized carbons (Fsp3) is 0.355. The Hall–Kier alpha value is -4.44. The maximum atomic E-state index is 13.5. The maximum absolute atomic E-state index is 13.5. The molecule has 0 aliphatic carbocycles. The molecular formula is C31H34N6O4. The highest BCUT2D eigenvalue weighted by molar-refractivity contribution is 5.91. The van der Waals surface area contributed by atoms with E-state index in [9.17, 15) is 14.7 Å². The number of nitrogens with one attached hydrogen (secondary N) is 1. The molecule has 41 heavy (non-hydrogen) atoms. The van der Waals surface area contributed by atoms with Gasteiger partial charge in [0.05, 0.1) is 23.1 Å².